The van der Waals surface area contributed by atoms with Crippen molar-refractivity contribution in [2.45, 2.75) is 38.3 Å². The average molecular weight is 291 g/mol. The van der Waals surface area contributed by atoms with E-state index in [-0.39, 0.29) is 24.5 Å². The Labute approximate surface area is 117 Å². The first-order chi connectivity index (χ1) is 8.92. The molecule has 0 bridgehead atoms. The molecule has 0 aromatic rings. The summed E-state index contributed by atoms with van der Waals surface area (Å²) in [6.07, 6.45) is 0.780. The predicted molar refractivity (Wildman–Crippen MR) is 73.9 cm³/mol. The van der Waals surface area contributed by atoms with Gasteiger partial charge in [0.25, 0.3) is 0 Å². The fraction of sp³-hybridized carbons (Fsp3) is 0.727. The SMILES string of the molecule is CCCNC(=O)C(CS)NC(=O)CCC(N)C(=O)O. The van der Waals surface area contributed by atoms with Crippen molar-refractivity contribution >= 4 is 30.4 Å². The number of thiol groups is 1. The smallest absolute Gasteiger partial charge is 0.320 e. The van der Waals surface area contributed by atoms with Crippen molar-refractivity contribution in [3.05, 3.63) is 0 Å². The molecule has 0 aliphatic carbocycles. The van der Waals surface area contributed by atoms with E-state index < -0.39 is 24.0 Å². The van der Waals surface area contributed by atoms with Gasteiger partial charge in [0.2, 0.25) is 11.8 Å². The molecule has 0 spiro atoms. The van der Waals surface area contributed by atoms with Crippen LogP contribution in [0.3, 0.4) is 0 Å². The fourth-order valence-corrected chi connectivity index (χ4v) is 1.50. The maximum absolute atomic E-state index is 11.6. The van der Waals surface area contributed by atoms with Gasteiger partial charge in [-0.05, 0) is 12.8 Å². The van der Waals surface area contributed by atoms with E-state index in [0.717, 1.165) is 6.42 Å². The third kappa shape index (κ3) is 7.68. The zero-order valence-corrected chi connectivity index (χ0v) is 11.8. The minimum atomic E-state index is -1.15. The van der Waals surface area contributed by atoms with Crippen LogP contribution in [0, 0.1) is 0 Å². The van der Waals surface area contributed by atoms with E-state index in [4.69, 9.17) is 10.8 Å². The van der Waals surface area contributed by atoms with Gasteiger partial charge in [-0.2, -0.15) is 12.6 Å². The normalized spacial score (nSPS) is 13.4. The highest BCUT2D eigenvalue weighted by molar-refractivity contribution is 7.80. The molecule has 0 saturated heterocycles. The predicted octanol–water partition coefficient (Wildman–Crippen LogP) is -0.881. The van der Waals surface area contributed by atoms with E-state index in [1.807, 2.05) is 6.92 Å². The number of rotatable bonds is 9. The Morgan fingerprint density at radius 1 is 1.37 bits per heavy atom. The maximum atomic E-state index is 11.6. The highest BCUT2D eigenvalue weighted by atomic mass is 32.1. The van der Waals surface area contributed by atoms with Gasteiger partial charge in [0.1, 0.15) is 12.1 Å². The van der Waals surface area contributed by atoms with E-state index >= 15 is 0 Å². The molecule has 0 aromatic heterocycles. The van der Waals surface area contributed by atoms with Gasteiger partial charge in [0.15, 0.2) is 0 Å². The highest BCUT2D eigenvalue weighted by Gasteiger charge is 2.20. The van der Waals surface area contributed by atoms with Crippen LogP contribution in [0.1, 0.15) is 26.2 Å². The molecule has 7 nitrogen and oxygen atoms in total. The summed E-state index contributed by atoms with van der Waals surface area (Å²) >= 11 is 4.00. The van der Waals surface area contributed by atoms with E-state index in [2.05, 4.69) is 23.3 Å². The van der Waals surface area contributed by atoms with Gasteiger partial charge in [-0.1, -0.05) is 6.92 Å². The van der Waals surface area contributed by atoms with Crippen molar-refractivity contribution in [3.63, 3.8) is 0 Å². The van der Waals surface area contributed by atoms with Crippen molar-refractivity contribution in [2.75, 3.05) is 12.3 Å². The molecule has 0 saturated carbocycles. The summed E-state index contributed by atoms with van der Waals surface area (Å²) in [4.78, 5) is 33.6. The summed E-state index contributed by atoms with van der Waals surface area (Å²) in [7, 11) is 0. The maximum Gasteiger partial charge on any atom is 0.320 e. The monoisotopic (exact) mass is 291 g/mol. The lowest BCUT2D eigenvalue weighted by atomic mass is 10.1. The molecular weight excluding hydrogens is 270 g/mol. The van der Waals surface area contributed by atoms with E-state index in [1.165, 1.54) is 0 Å². The standard InChI is InChI=1S/C11H21N3O4S/c1-2-5-13-10(16)8(6-19)14-9(15)4-3-7(12)11(17)18/h7-8,19H,2-6,12H2,1H3,(H,13,16)(H,14,15)(H,17,18). The summed E-state index contributed by atoms with van der Waals surface area (Å²) in [6, 6.07) is -1.79. The molecule has 0 aromatic carbocycles. The molecule has 8 heteroatoms. The molecule has 5 N–H and O–H groups in total. The number of amides is 2. The van der Waals surface area contributed by atoms with Crippen LogP contribution in [-0.2, 0) is 14.4 Å². The van der Waals surface area contributed by atoms with Gasteiger partial charge in [0, 0.05) is 18.7 Å². The number of carboxylic acid groups (broad SMARTS) is 1. The minimum Gasteiger partial charge on any atom is -0.480 e. The van der Waals surface area contributed by atoms with Crippen molar-refractivity contribution in [2.24, 2.45) is 5.73 Å². The Morgan fingerprint density at radius 2 is 2.00 bits per heavy atom. The van der Waals surface area contributed by atoms with Crippen LogP contribution < -0.4 is 16.4 Å². The summed E-state index contributed by atoms with van der Waals surface area (Å²) in [5, 5.41) is 13.7. The minimum absolute atomic E-state index is 0.0248. The molecule has 0 heterocycles. The lowest BCUT2D eigenvalue weighted by molar-refractivity contribution is -0.138. The number of nitrogens with two attached hydrogens (primary N) is 1. The third-order valence-electron chi connectivity index (χ3n) is 2.38. The second kappa shape index (κ2) is 9.62. The Balaban J connectivity index is 4.13. The summed E-state index contributed by atoms with van der Waals surface area (Å²) in [5.41, 5.74) is 5.28. The molecule has 19 heavy (non-hydrogen) atoms. The van der Waals surface area contributed by atoms with Crippen LogP contribution >= 0.6 is 12.6 Å². The van der Waals surface area contributed by atoms with E-state index in [9.17, 15) is 14.4 Å². The Kier molecular flexibility index (Phi) is 8.98. The van der Waals surface area contributed by atoms with Crippen LogP contribution in [0.4, 0.5) is 0 Å². The van der Waals surface area contributed by atoms with Gasteiger partial charge in [-0.25, -0.2) is 0 Å². The first-order valence-electron chi connectivity index (χ1n) is 6.08. The Bertz CT molecular complexity index is 325. The van der Waals surface area contributed by atoms with Crippen molar-refractivity contribution in [3.8, 4) is 0 Å². The first-order valence-corrected chi connectivity index (χ1v) is 6.71. The van der Waals surface area contributed by atoms with Crippen molar-refractivity contribution in [1.29, 1.82) is 0 Å². The fourth-order valence-electron chi connectivity index (χ4n) is 1.24. The van der Waals surface area contributed by atoms with E-state index in [1.54, 1.807) is 0 Å². The quantitative estimate of drug-likeness (QED) is 0.353. The number of carbonyl (C=O) groups excluding carboxylic acids is 2. The summed E-state index contributed by atoms with van der Waals surface area (Å²) in [5.74, 6) is -1.69. The molecule has 110 valence electrons. The summed E-state index contributed by atoms with van der Waals surface area (Å²) in [6.45, 7) is 2.45. The van der Waals surface area contributed by atoms with Crippen LogP contribution in [0.5, 0.6) is 0 Å². The Morgan fingerprint density at radius 3 is 2.47 bits per heavy atom. The molecule has 0 aliphatic rings. The molecule has 0 aliphatic heterocycles. The lowest BCUT2D eigenvalue weighted by Gasteiger charge is -2.16. The number of nitrogens with one attached hydrogen (secondary N) is 2. The Hall–Kier alpha value is -1.28. The van der Waals surface area contributed by atoms with Gasteiger partial charge < -0.3 is 21.5 Å². The van der Waals surface area contributed by atoms with Crippen molar-refractivity contribution < 1.29 is 19.5 Å². The molecule has 2 atom stereocenters. The number of carboxylic acids is 1. The number of hydrogen-bond donors (Lipinski definition) is 5. The summed E-state index contributed by atoms with van der Waals surface area (Å²) < 4.78 is 0. The number of hydrogen-bond acceptors (Lipinski definition) is 5. The van der Waals surface area contributed by atoms with Crippen LogP contribution in [0.2, 0.25) is 0 Å². The molecule has 0 fully saturated rings. The lowest BCUT2D eigenvalue weighted by Crippen LogP contribution is -2.48. The zero-order valence-electron chi connectivity index (χ0n) is 10.9. The topological polar surface area (TPSA) is 122 Å². The molecule has 2 unspecified atom stereocenters. The van der Waals surface area contributed by atoms with Gasteiger partial charge in [-0.3, -0.25) is 14.4 Å². The van der Waals surface area contributed by atoms with Crippen molar-refractivity contribution in [1.82, 2.24) is 10.6 Å². The third-order valence-corrected chi connectivity index (χ3v) is 2.75. The molecule has 0 rings (SSSR count). The van der Waals surface area contributed by atoms with Gasteiger partial charge in [0.05, 0.1) is 0 Å². The molecule has 0 radical (unpaired) electrons. The largest absolute Gasteiger partial charge is 0.480 e. The van der Waals surface area contributed by atoms with Gasteiger partial charge >= 0.3 is 5.97 Å². The number of aliphatic carboxylic acids is 1. The molecule has 2 amide bonds. The zero-order chi connectivity index (χ0) is 14.8. The first kappa shape index (κ1) is 17.7. The van der Waals surface area contributed by atoms with Crippen LogP contribution in [-0.4, -0.2) is 47.3 Å². The highest BCUT2D eigenvalue weighted by Crippen LogP contribution is 1.97. The van der Waals surface area contributed by atoms with Crippen LogP contribution in [0.25, 0.3) is 0 Å². The average Bonchev–Trinajstić information content (AvgIpc) is 2.38. The van der Waals surface area contributed by atoms with Crippen LogP contribution in [0.15, 0.2) is 0 Å². The van der Waals surface area contributed by atoms with Gasteiger partial charge in [-0.15, -0.1) is 0 Å². The molecular formula is C11H21N3O4S. The second-order valence-corrected chi connectivity index (χ2v) is 4.44. The second-order valence-electron chi connectivity index (χ2n) is 4.08. The van der Waals surface area contributed by atoms with E-state index in [0.29, 0.717) is 6.54 Å². The number of carbonyl (C=O) groups is 3.